The van der Waals surface area contributed by atoms with E-state index in [0.717, 1.165) is 5.75 Å². The number of hydrogen-bond donors (Lipinski definition) is 2. The van der Waals surface area contributed by atoms with Crippen molar-refractivity contribution >= 4 is 11.8 Å². The fraction of sp³-hybridized carbons (Fsp3) is 1.00. The summed E-state index contributed by atoms with van der Waals surface area (Å²) in [5, 5.41) is 8.92. The van der Waals surface area contributed by atoms with Gasteiger partial charge in [0.1, 0.15) is 0 Å². The Morgan fingerprint density at radius 3 is 2.44 bits per heavy atom. The maximum Gasteiger partial charge on any atom is 0.0547 e. The molecule has 56 valence electrons. The van der Waals surface area contributed by atoms with Gasteiger partial charge in [0.25, 0.3) is 0 Å². The summed E-state index contributed by atoms with van der Waals surface area (Å²) in [7, 11) is 0. The van der Waals surface area contributed by atoms with Crippen LogP contribution in [0, 0.1) is 0 Å². The number of hydrogen-bond acceptors (Lipinski definition) is 3. The van der Waals surface area contributed by atoms with E-state index in [0.29, 0.717) is 5.25 Å². The summed E-state index contributed by atoms with van der Waals surface area (Å²) in [5.41, 5.74) is 5.49. The van der Waals surface area contributed by atoms with Crippen LogP contribution in [-0.4, -0.2) is 28.8 Å². The van der Waals surface area contributed by atoms with Crippen LogP contribution in [0.4, 0.5) is 0 Å². The van der Waals surface area contributed by atoms with Crippen molar-refractivity contribution in [2.24, 2.45) is 5.73 Å². The van der Waals surface area contributed by atoms with Crippen LogP contribution >= 0.6 is 11.8 Å². The van der Waals surface area contributed by atoms with Gasteiger partial charge in [-0.05, 0) is 6.92 Å². The predicted octanol–water partition coefficient (Wildman–Crippen LogP) is 0.448. The van der Waals surface area contributed by atoms with E-state index in [4.69, 9.17) is 10.8 Å². The highest BCUT2D eigenvalue weighted by molar-refractivity contribution is 7.99. The van der Waals surface area contributed by atoms with Gasteiger partial charge in [0.2, 0.25) is 0 Å². The molecule has 0 heterocycles. The molecule has 0 saturated carbocycles. The maximum atomic E-state index is 8.59. The molecule has 0 aromatic rings. The van der Waals surface area contributed by atoms with Gasteiger partial charge in [0.15, 0.2) is 0 Å². The number of thioether (sulfide) groups is 1. The molecule has 0 aromatic carbocycles. The molecule has 0 radical (unpaired) electrons. The lowest BCUT2D eigenvalue weighted by molar-refractivity contribution is 0.300. The molecule has 3 N–H and O–H groups in total. The molecular formula is C6H15NOS. The molecule has 2 nitrogen and oxygen atoms in total. The molecule has 0 rings (SSSR count). The third-order valence-electron chi connectivity index (χ3n) is 0.901. The van der Waals surface area contributed by atoms with E-state index in [-0.39, 0.29) is 12.6 Å². The van der Waals surface area contributed by atoms with Gasteiger partial charge in [-0.15, -0.1) is 0 Å². The summed E-state index contributed by atoms with van der Waals surface area (Å²) < 4.78 is 0. The summed E-state index contributed by atoms with van der Waals surface area (Å²) in [6, 6.07) is 0.240. The fourth-order valence-electron chi connectivity index (χ4n) is 0.369. The van der Waals surface area contributed by atoms with Crippen LogP contribution in [0.15, 0.2) is 0 Å². The minimum atomic E-state index is 0.240. The van der Waals surface area contributed by atoms with Crippen molar-refractivity contribution in [2.75, 3.05) is 12.4 Å². The van der Waals surface area contributed by atoms with Crippen LogP contribution < -0.4 is 5.73 Å². The van der Waals surface area contributed by atoms with Crippen molar-refractivity contribution in [3.8, 4) is 0 Å². The Labute approximate surface area is 60.8 Å². The van der Waals surface area contributed by atoms with Gasteiger partial charge < -0.3 is 10.8 Å². The van der Waals surface area contributed by atoms with Gasteiger partial charge in [-0.25, -0.2) is 0 Å². The molecule has 2 unspecified atom stereocenters. The average Bonchev–Trinajstić information content (AvgIpc) is 1.83. The maximum absolute atomic E-state index is 8.59. The normalized spacial score (nSPS) is 17.3. The molecule has 2 atom stereocenters. The van der Waals surface area contributed by atoms with E-state index in [9.17, 15) is 0 Å². The zero-order chi connectivity index (χ0) is 7.28. The molecule has 9 heavy (non-hydrogen) atoms. The van der Waals surface area contributed by atoms with Gasteiger partial charge in [-0.1, -0.05) is 6.92 Å². The number of aliphatic hydroxyl groups is 1. The summed E-state index contributed by atoms with van der Waals surface area (Å²) in [6.07, 6.45) is 0. The van der Waals surface area contributed by atoms with Crippen molar-refractivity contribution in [2.45, 2.75) is 25.1 Å². The molecule has 0 spiro atoms. The van der Waals surface area contributed by atoms with E-state index < -0.39 is 0 Å². The van der Waals surface area contributed by atoms with E-state index in [1.165, 1.54) is 0 Å². The first-order valence-electron chi connectivity index (χ1n) is 3.15. The zero-order valence-electron chi connectivity index (χ0n) is 6.00. The van der Waals surface area contributed by atoms with E-state index in [1.54, 1.807) is 11.8 Å². The lowest BCUT2D eigenvalue weighted by Gasteiger charge is -2.08. The average molecular weight is 149 g/mol. The number of rotatable bonds is 4. The van der Waals surface area contributed by atoms with Crippen molar-refractivity contribution < 1.29 is 5.11 Å². The second kappa shape index (κ2) is 5.09. The van der Waals surface area contributed by atoms with Gasteiger partial charge in [-0.2, -0.15) is 11.8 Å². The first-order valence-corrected chi connectivity index (χ1v) is 4.19. The zero-order valence-corrected chi connectivity index (χ0v) is 6.82. The van der Waals surface area contributed by atoms with Gasteiger partial charge >= 0.3 is 0 Å². The molecule has 0 aromatic heterocycles. The monoisotopic (exact) mass is 149 g/mol. The standard InChI is InChI=1S/C6H15NOS/c1-5(7)4-9-6(2)3-8/h5-6,8H,3-4,7H2,1-2H3. The summed E-state index contributed by atoms with van der Waals surface area (Å²) in [5.74, 6) is 0.932. The molecule has 0 amide bonds. The first-order chi connectivity index (χ1) is 4.16. The Balaban J connectivity index is 3.06. The number of nitrogens with two attached hydrogens (primary N) is 1. The third kappa shape index (κ3) is 6.15. The number of aliphatic hydroxyl groups excluding tert-OH is 1. The molecule has 0 aliphatic rings. The molecule has 0 aliphatic heterocycles. The van der Waals surface area contributed by atoms with Crippen LogP contribution in [0.3, 0.4) is 0 Å². The van der Waals surface area contributed by atoms with Crippen LogP contribution in [0.2, 0.25) is 0 Å². The topological polar surface area (TPSA) is 46.2 Å². The van der Waals surface area contributed by atoms with Gasteiger partial charge in [-0.3, -0.25) is 0 Å². The quantitative estimate of drug-likeness (QED) is 0.610. The third-order valence-corrected chi connectivity index (χ3v) is 2.34. The molecule has 0 fully saturated rings. The Bertz CT molecular complexity index is 68.1. The minimum Gasteiger partial charge on any atom is -0.395 e. The predicted molar refractivity (Wildman–Crippen MR) is 42.7 cm³/mol. The van der Waals surface area contributed by atoms with Crippen LogP contribution in [0.25, 0.3) is 0 Å². The van der Waals surface area contributed by atoms with Crippen molar-refractivity contribution in [3.05, 3.63) is 0 Å². The fourth-order valence-corrected chi connectivity index (χ4v) is 1.11. The second-order valence-electron chi connectivity index (χ2n) is 2.30. The Morgan fingerprint density at radius 2 is 2.11 bits per heavy atom. The molecule has 0 bridgehead atoms. The van der Waals surface area contributed by atoms with Crippen molar-refractivity contribution in [1.29, 1.82) is 0 Å². The van der Waals surface area contributed by atoms with E-state index in [2.05, 4.69) is 0 Å². The highest BCUT2D eigenvalue weighted by Gasteiger charge is 2.00. The van der Waals surface area contributed by atoms with Gasteiger partial charge in [0.05, 0.1) is 6.61 Å². The summed E-state index contributed by atoms with van der Waals surface area (Å²) in [6.45, 7) is 4.21. The lowest BCUT2D eigenvalue weighted by Crippen LogP contribution is -2.19. The Hall–Kier alpha value is 0.270. The van der Waals surface area contributed by atoms with Crippen LogP contribution in [0.5, 0.6) is 0 Å². The molecule has 0 saturated heterocycles. The van der Waals surface area contributed by atoms with Gasteiger partial charge in [0, 0.05) is 17.0 Å². The highest BCUT2D eigenvalue weighted by atomic mass is 32.2. The second-order valence-corrected chi connectivity index (χ2v) is 3.78. The Morgan fingerprint density at radius 1 is 1.56 bits per heavy atom. The summed E-state index contributed by atoms with van der Waals surface area (Å²) in [4.78, 5) is 0. The molecule has 3 heteroatoms. The van der Waals surface area contributed by atoms with Crippen molar-refractivity contribution in [1.82, 2.24) is 0 Å². The Kier molecular flexibility index (Phi) is 5.24. The minimum absolute atomic E-state index is 0.240. The highest BCUT2D eigenvalue weighted by Crippen LogP contribution is 2.09. The smallest absolute Gasteiger partial charge is 0.0547 e. The SMILES string of the molecule is CC(N)CSC(C)CO. The van der Waals surface area contributed by atoms with Crippen LogP contribution in [0.1, 0.15) is 13.8 Å². The molecule has 0 aliphatic carbocycles. The van der Waals surface area contributed by atoms with Crippen LogP contribution in [-0.2, 0) is 0 Å². The van der Waals surface area contributed by atoms with Crippen molar-refractivity contribution in [3.63, 3.8) is 0 Å². The van der Waals surface area contributed by atoms with E-state index >= 15 is 0 Å². The lowest BCUT2D eigenvalue weighted by atomic mass is 10.4. The van der Waals surface area contributed by atoms with E-state index in [1.807, 2.05) is 13.8 Å². The summed E-state index contributed by atoms with van der Waals surface area (Å²) >= 11 is 1.71. The largest absolute Gasteiger partial charge is 0.395 e. The molecular weight excluding hydrogens is 134 g/mol. The first kappa shape index (κ1) is 9.27.